The van der Waals surface area contributed by atoms with E-state index in [2.05, 4.69) is 15.1 Å². The number of aryl methyl sites for hydroxylation is 1. The highest BCUT2D eigenvalue weighted by molar-refractivity contribution is 6.29. The zero-order chi connectivity index (χ0) is 15.2. The summed E-state index contributed by atoms with van der Waals surface area (Å²) in [4.78, 5) is 7.68. The lowest BCUT2D eigenvalue weighted by Gasteiger charge is -2.11. The van der Waals surface area contributed by atoms with Crippen LogP contribution in [0.4, 0.5) is 13.2 Å². The number of nitrogens with zero attached hydrogens (tertiary/aromatic N) is 4. The van der Waals surface area contributed by atoms with Crippen LogP contribution in [0.15, 0.2) is 30.7 Å². The summed E-state index contributed by atoms with van der Waals surface area (Å²) in [5.41, 5.74) is -0.0884. The molecule has 3 aromatic rings. The van der Waals surface area contributed by atoms with E-state index in [0.717, 1.165) is 6.07 Å². The molecule has 0 N–H and O–H groups in total. The van der Waals surface area contributed by atoms with Crippen LogP contribution in [0, 0.1) is 0 Å². The van der Waals surface area contributed by atoms with Crippen LogP contribution in [0.2, 0.25) is 5.15 Å². The minimum absolute atomic E-state index is 0.0337. The Bertz CT molecular complexity index is 826. The first-order valence-electron chi connectivity index (χ1n) is 5.87. The zero-order valence-electron chi connectivity index (χ0n) is 10.7. The van der Waals surface area contributed by atoms with Gasteiger partial charge in [0.1, 0.15) is 11.5 Å². The molecule has 0 saturated heterocycles. The quantitative estimate of drug-likeness (QED) is 0.643. The summed E-state index contributed by atoms with van der Waals surface area (Å²) in [6.45, 7) is 0. The summed E-state index contributed by atoms with van der Waals surface area (Å²) < 4.78 is 41.0. The Labute approximate surface area is 122 Å². The van der Waals surface area contributed by atoms with Crippen molar-refractivity contribution in [2.45, 2.75) is 6.18 Å². The number of aromatic nitrogens is 4. The zero-order valence-corrected chi connectivity index (χ0v) is 11.4. The molecule has 2 aromatic heterocycles. The van der Waals surface area contributed by atoms with E-state index in [9.17, 15) is 13.2 Å². The molecular formula is C13H8ClF3N4. The summed E-state index contributed by atoms with van der Waals surface area (Å²) in [6.07, 6.45) is -1.89. The lowest BCUT2D eigenvalue weighted by molar-refractivity contribution is -0.136. The number of alkyl halides is 3. The van der Waals surface area contributed by atoms with Crippen molar-refractivity contribution in [3.8, 4) is 11.3 Å². The van der Waals surface area contributed by atoms with Gasteiger partial charge < -0.3 is 0 Å². The molecule has 8 heteroatoms. The number of halogens is 4. The van der Waals surface area contributed by atoms with Crippen LogP contribution in [0.5, 0.6) is 0 Å². The van der Waals surface area contributed by atoms with Crippen LogP contribution in [0.25, 0.3) is 22.2 Å². The van der Waals surface area contributed by atoms with Crippen molar-refractivity contribution < 1.29 is 13.2 Å². The van der Waals surface area contributed by atoms with Crippen LogP contribution < -0.4 is 0 Å². The number of fused-ring (bicyclic) bond motifs is 1. The van der Waals surface area contributed by atoms with Crippen LogP contribution in [-0.4, -0.2) is 19.7 Å². The lowest BCUT2D eigenvalue weighted by Crippen LogP contribution is -2.08. The van der Waals surface area contributed by atoms with Crippen LogP contribution in [0.3, 0.4) is 0 Å². The smallest absolute Gasteiger partial charge is 0.267 e. The number of benzene rings is 1. The third-order valence-corrected chi connectivity index (χ3v) is 3.27. The molecule has 0 bridgehead atoms. The van der Waals surface area contributed by atoms with Crippen LogP contribution in [0.1, 0.15) is 5.56 Å². The van der Waals surface area contributed by atoms with Gasteiger partial charge in [0.05, 0.1) is 23.0 Å². The van der Waals surface area contributed by atoms with Gasteiger partial charge in [-0.25, -0.2) is 9.97 Å². The van der Waals surface area contributed by atoms with E-state index in [4.69, 9.17) is 11.6 Å². The van der Waals surface area contributed by atoms with E-state index in [1.165, 1.54) is 30.3 Å². The molecule has 21 heavy (non-hydrogen) atoms. The Morgan fingerprint density at radius 1 is 1.14 bits per heavy atom. The second-order valence-electron chi connectivity index (χ2n) is 4.45. The predicted octanol–water partition coefficient (Wildman–Crippen LogP) is 3.70. The third-order valence-electron chi connectivity index (χ3n) is 3.07. The van der Waals surface area contributed by atoms with Crippen molar-refractivity contribution in [1.29, 1.82) is 0 Å². The topological polar surface area (TPSA) is 43.6 Å². The molecule has 1 aromatic carbocycles. The monoisotopic (exact) mass is 312 g/mol. The normalized spacial score (nSPS) is 12.0. The first-order chi connectivity index (χ1) is 9.86. The summed E-state index contributed by atoms with van der Waals surface area (Å²) in [6, 6.07) is 4.05. The molecule has 0 atom stereocenters. The molecular weight excluding hydrogens is 305 g/mol. The van der Waals surface area contributed by atoms with Crippen molar-refractivity contribution in [3.05, 3.63) is 41.4 Å². The standard InChI is InChI=1S/C13H8ClF3N4/c1-21-12-8(5-20-21)2-7(3-9(12)13(15,16)17)10-4-11(14)19-6-18-10/h2-6H,1H3. The van der Waals surface area contributed by atoms with Crippen molar-refractivity contribution in [2.24, 2.45) is 7.05 Å². The highest BCUT2D eigenvalue weighted by Gasteiger charge is 2.34. The average Bonchev–Trinajstić information content (AvgIpc) is 2.78. The Morgan fingerprint density at radius 3 is 2.57 bits per heavy atom. The first-order valence-corrected chi connectivity index (χ1v) is 6.25. The summed E-state index contributed by atoms with van der Waals surface area (Å²) in [5.74, 6) is 0. The number of rotatable bonds is 1. The molecule has 0 aliphatic carbocycles. The van der Waals surface area contributed by atoms with Crippen molar-refractivity contribution in [2.75, 3.05) is 0 Å². The van der Waals surface area contributed by atoms with Gasteiger partial charge in [-0.15, -0.1) is 0 Å². The first kappa shape index (κ1) is 13.8. The molecule has 108 valence electrons. The van der Waals surface area contributed by atoms with Gasteiger partial charge >= 0.3 is 6.18 Å². The molecule has 2 heterocycles. The van der Waals surface area contributed by atoms with E-state index >= 15 is 0 Å². The highest BCUT2D eigenvalue weighted by atomic mass is 35.5. The second kappa shape index (κ2) is 4.70. The van der Waals surface area contributed by atoms with Gasteiger partial charge in [0.2, 0.25) is 0 Å². The fraction of sp³-hybridized carbons (Fsp3) is 0.154. The summed E-state index contributed by atoms with van der Waals surface area (Å²) in [5, 5.41) is 4.43. The van der Waals surface area contributed by atoms with E-state index in [0.29, 0.717) is 16.6 Å². The fourth-order valence-electron chi connectivity index (χ4n) is 2.18. The summed E-state index contributed by atoms with van der Waals surface area (Å²) in [7, 11) is 1.47. The fourth-order valence-corrected chi connectivity index (χ4v) is 2.33. The van der Waals surface area contributed by atoms with E-state index in [1.807, 2.05) is 0 Å². The molecule has 0 fully saturated rings. The van der Waals surface area contributed by atoms with Crippen molar-refractivity contribution in [3.63, 3.8) is 0 Å². The van der Waals surface area contributed by atoms with Gasteiger partial charge in [-0.05, 0) is 12.1 Å². The minimum atomic E-state index is -4.49. The van der Waals surface area contributed by atoms with Crippen LogP contribution in [-0.2, 0) is 13.2 Å². The Hall–Kier alpha value is -2.15. The molecule has 3 rings (SSSR count). The maximum Gasteiger partial charge on any atom is 0.418 e. The van der Waals surface area contributed by atoms with Gasteiger partial charge in [0.25, 0.3) is 0 Å². The maximum atomic E-state index is 13.3. The number of hydrogen-bond acceptors (Lipinski definition) is 3. The van der Waals surface area contributed by atoms with Gasteiger partial charge in [0.15, 0.2) is 0 Å². The molecule has 0 saturated carbocycles. The lowest BCUT2D eigenvalue weighted by atomic mass is 10.0. The molecule has 0 radical (unpaired) electrons. The second-order valence-corrected chi connectivity index (χ2v) is 4.84. The van der Waals surface area contributed by atoms with Gasteiger partial charge in [-0.1, -0.05) is 11.6 Å². The largest absolute Gasteiger partial charge is 0.418 e. The van der Waals surface area contributed by atoms with Crippen LogP contribution >= 0.6 is 11.6 Å². The molecule has 0 spiro atoms. The molecule has 0 aliphatic rings. The third kappa shape index (κ3) is 2.44. The molecule has 0 aliphatic heterocycles. The van der Waals surface area contributed by atoms with Gasteiger partial charge in [-0.2, -0.15) is 18.3 Å². The molecule has 0 unspecified atom stereocenters. The number of hydrogen-bond donors (Lipinski definition) is 0. The van der Waals surface area contributed by atoms with Crippen molar-refractivity contribution >= 4 is 22.5 Å². The maximum absolute atomic E-state index is 13.3. The summed E-state index contributed by atoms with van der Waals surface area (Å²) >= 11 is 5.76. The van der Waals surface area contributed by atoms with Crippen molar-refractivity contribution in [1.82, 2.24) is 19.7 Å². The Kier molecular flexibility index (Phi) is 3.09. The Balaban J connectivity index is 2.31. The average molecular weight is 313 g/mol. The van der Waals surface area contributed by atoms with E-state index in [1.54, 1.807) is 6.07 Å². The predicted molar refractivity (Wildman–Crippen MR) is 71.8 cm³/mol. The highest BCUT2D eigenvalue weighted by Crippen LogP contribution is 2.37. The van der Waals surface area contributed by atoms with E-state index < -0.39 is 11.7 Å². The SMILES string of the molecule is Cn1ncc2cc(-c3cc(Cl)ncn3)cc(C(F)(F)F)c21. The van der Waals surface area contributed by atoms with E-state index in [-0.39, 0.29) is 10.7 Å². The van der Waals surface area contributed by atoms with Gasteiger partial charge in [-0.3, -0.25) is 4.68 Å². The molecule has 0 amide bonds. The minimum Gasteiger partial charge on any atom is -0.267 e. The van der Waals surface area contributed by atoms with Gasteiger partial charge in [0, 0.05) is 24.1 Å². The Morgan fingerprint density at radius 2 is 1.90 bits per heavy atom. The molecule has 4 nitrogen and oxygen atoms in total.